The molecule has 2 fully saturated rings. The number of likely N-dealkylation sites (tertiary alicyclic amines) is 1. The lowest BCUT2D eigenvalue weighted by atomic mass is 9.77. The Morgan fingerprint density at radius 2 is 2.05 bits per heavy atom. The van der Waals surface area contributed by atoms with Gasteiger partial charge in [-0.25, -0.2) is 0 Å². The van der Waals surface area contributed by atoms with Gasteiger partial charge in [-0.05, 0) is 50.3 Å². The minimum atomic E-state index is 0.312. The Balaban J connectivity index is 1.81. The molecule has 19 heavy (non-hydrogen) atoms. The number of rotatable bonds is 3. The summed E-state index contributed by atoms with van der Waals surface area (Å²) < 4.78 is 0. The van der Waals surface area contributed by atoms with E-state index < -0.39 is 0 Å². The molecule has 3 nitrogen and oxygen atoms in total. The molecule has 1 saturated heterocycles. The largest absolute Gasteiger partial charge is 0.329 e. The van der Waals surface area contributed by atoms with E-state index in [0.717, 1.165) is 17.7 Å². The molecule has 1 aromatic heterocycles. The van der Waals surface area contributed by atoms with Gasteiger partial charge in [0.1, 0.15) is 0 Å². The van der Waals surface area contributed by atoms with Crippen molar-refractivity contribution < 1.29 is 0 Å². The zero-order valence-electron chi connectivity index (χ0n) is 11.7. The highest BCUT2D eigenvalue weighted by Crippen LogP contribution is 2.38. The van der Waals surface area contributed by atoms with Gasteiger partial charge in [-0.2, -0.15) is 0 Å². The summed E-state index contributed by atoms with van der Waals surface area (Å²) in [5.41, 5.74) is 7.23. The third kappa shape index (κ3) is 2.67. The predicted molar refractivity (Wildman–Crippen MR) is 77.7 cm³/mol. The standard InChI is InChI=1S/C16H25N3/c17-12-16(14-8-3-4-10-18-14)19-11-5-7-13-6-1-2-9-15(13)19/h3-4,8,10,13,15-16H,1-2,5-7,9,11-12,17H2/t13-,15-,16?/m1/s1. The number of piperidine rings is 1. The number of aromatic nitrogens is 1. The summed E-state index contributed by atoms with van der Waals surface area (Å²) in [6, 6.07) is 7.25. The van der Waals surface area contributed by atoms with E-state index >= 15 is 0 Å². The summed E-state index contributed by atoms with van der Waals surface area (Å²) in [6.45, 7) is 1.87. The van der Waals surface area contributed by atoms with Crippen LogP contribution in [0.4, 0.5) is 0 Å². The van der Waals surface area contributed by atoms with Gasteiger partial charge in [-0.1, -0.05) is 18.9 Å². The van der Waals surface area contributed by atoms with Gasteiger partial charge in [-0.15, -0.1) is 0 Å². The molecule has 0 radical (unpaired) electrons. The minimum Gasteiger partial charge on any atom is -0.329 e. The highest BCUT2D eigenvalue weighted by atomic mass is 15.2. The Bertz CT molecular complexity index is 390. The molecule has 0 aromatic carbocycles. The molecule has 0 bridgehead atoms. The molecule has 104 valence electrons. The second kappa shape index (κ2) is 6.02. The maximum absolute atomic E-state index is 6.08. The summed E-state index contributed by atoms with van der Waals surface area (Å²) in [5, 5.41) is 0. The second-order valence-corrected chi connectivity index (χ2v) is 6.00. The van der Waals surface area contributed by atoms with Gasteiger partial charge in [0.05, 0.1) is 11.7 Å². The molecule has 2 aliphatic rings. The van der Waals surface area contributed by atoms with Crippen molar-refractivity contribution >= 4 is 0 Å². The lowest BCUT2D eigenvalue weighted by Gasteiger charge is -2.47. The van der Waals surface area contributed by atoms with Crippen molar-refractivity contribution in [2.45, 2.75) is 50.6 Å². The lowest BCUT2D eigenvalue weighted by molar-refractivity contribution is 0.0263. The Morgan fingerprint density at radius 1 is 1.21 bits per heavy atom. The first-order valence-electron chi connectivity index (χ1n) is 7.77. The molecule has 2 heterocycles. The molecule has 2 N–H and O–H groups in total. The zero-order chi connectivity index (χ0) is 13.1. The molecule has 1 saturated carbocycles. The molecule has 3 rings (SSSR count). The first kappa shape index (κ1) is 13.1. The quantitative estimate of drug-likeness (QED) is 0.907. The Morgan fingerprint density at radius 3 is 2.84 bits per heavy atom. The maximum Gasteiger partial charge on any atom is 0.0647 e. The summed E-state index contributed by atoms with van der Waals surface area (Å²) in [6.07, 6.45) is 10.2. The molecular weight excluding hydrogens is 234 g/mol. The number of hydrogen-bond donors (Lipinski definition) is 1. The van der Waals surface area contributed by atoms with Crippen LogP contribution >= 0.6 is 0 Å². The summed E-state index contributed by atoms with van der Waals surface area (Å²) in [7, 11) is 0. The molecule has 3 heteroatoms. The van der Waals surface area contributed by atoms with E-state index in [1.807, 2.05) is 12.3 Å². The van der Waals surface area contributed by atoms with E-state index in [1.165, 1.54) is 45.1 Å². The number of nitrogens with zero attached hydrogens (tertiary/aromatic N) is 2. The molecule has 1 aromatic rings. The Hall–Kier alpha value is -0.930. The third-order valence-corrected chi connectivity index (χ3v) is 4.94. The Labute approximate surface area is 116 Å². The number of nitrogens with two attached hydrogens (primary N) is 1. The van der Waals surface area contributed by atoms with E-state index in [1.54, 1.807) is 0 Å². The van der Waals surface area contributed by atoms with Gasteiger partial charge in [0, 0.05) is 18.8 Å². The summed E-state index contributed by atoms with van der Waals surface area (Å²) in [4.78, 5) is 7.20. The second-order valence-electron chi connectivity index (χ2n) is 6.00. The van der Waals surface area contributed by atoms with Crippen LogP contribution in [-0.4, -0.2) is 29.0 Å². The number of hydrogen-bond acceptors (Lipinski definition) is 3. The van der Waals surface area contributed by atoms with E-state index in [2.05, 4.69) is 22.0 Å². The average molecular weight is 259 g/mol. The molecule has 1 aliphatic carbocycles. The Kier molecular flexibility index (Phi) is 4.14. The average Bonchev–Trinajstić information content (AvgIpc) is 2.49. The van der Waals surface area contributed by atoms with Crippen LogP contribution in [0.15, 0.2) is 24.4 Å². The lowest BCUT2D eigenvalue weighted by Crippen LogP contribution is -2.50. The topological polar surface area (TPSA) is 42.1 Å². The molecular formula is C16H25N3. The van der Waals surface area contributed by atoms with Crippen molar-refractivity contribution in [3.8, 4) is 0 Å². The van der Waals surface area contributed by atoms with Gasteiger partial charge < -0.3 is 5.73 Å². The summed E-state index contributed by atoms with van der Waals surface area (Å²) in [5.74, 6) is 0.903. The van der Waals surface area contributed by atoms with Gasteiger partial charge >= 0.3 is 0 Å². The van der Waals surface area contributed by atoms with Gasteiger partial charge in [0.2, 0.25) is 0 Å². The van der Waals surface area contributed by atoms with Crippen LogP contribution in [-0.2, 0) is 0 Å². The predicted octanol–water partition coefficient (Wildman–Crippen LogP) is 2.74. The van der Waals surface area contributed by atoms with Gasteiger partial charge in [-0.3, -0.25) is 9.88 Å². The van der Waals surface area contributed by atoms with Crippen molar-refractivity contribution in [2.75, 3.05) is 13.1 Å². The van der Waals surface area contributed by atoms with Gasteiger partial charge in [0.15, 0.2) is 0 Å². The molecule has 0 spiro atoms. The highest BCUT2D eigenvalue weighted by Gasteiger charge is 2.36. The van der Waals surface area contributed by atoms with Crippen molar-refractivity contribution in [1.82, 2.24) is 9.88 Å². The SMILES string of the molecule is NCC(c1ccccn1)N1CCC[C@H]2CCCC[C@H]21. The van der Waals surface area contributed by atoms with Crippen LogP contribution in [0, 0.1) is 5.92 Å². The fraction of sp³-hybridized carbons (Fsp3) is 0.688. The van der Waals surface area contributed by atoms with Crippen molar-refractivity contribution in [3.05, 3.63) is 30.1 Å². The van der Waals surface area contributed by atoms with E-state index in [0.29, 0.717) is 12.6 Å². The molecule has 1 aliphatic heterocycles. The van der Waals surface area contributed by atoms with E-state index in [-0.39, 0.29) is 0 Å². The number of pyridine rings is 1. The number of fused-ring (bicyclic) bond motifs is 1. The van der Waals surface area contributed by atoms with Crippen LogP contribution in [0.25, 0.3) is 0 Å². The van der Waals surface area contributed by atoms with Crippen molar-refractivity contribution in [2.24, 2.45) is 11.7 Å². The monoisotopic (exact) mass is 259 g/mol. The first-order chi connectivity index (χ1) is 9.40. The smallest absolute Gasteiger partial charge is 0.0647 e. The third-order valence-electron chi connectivity index (χ3n) is 4.94. The summed E-state index contributed by atoms with van der Waals surface area (Å²) >= 11 is 0. The maximum atomic E-state index is 6.08. The van der Waals surface area contributed by atoms with Crippen LogP contribution in [0.2, 0.25) is 0 Å². The fourth-order valence-electron chi connectivity index (χ4n) is 4.05. The normalized spacial score (nSPS) is 29.7. The minimum absolute atomic E-state index is 0.312. The van der Waals surface area contributed by atoms with Crippen molar-refractivity contribution in [1.29, 1.82) is 0 Å². The van der Waals surface area contributed by atoms with Crippen LogP contribution in [0.5, 0.6) is 0 Å². The van der Waals surface area contributed by atoms with E-state index in [4.69, 9.17) is 5.73 Å². The highest BCUT2D eigenvalue weighted by molar-refractivity contribution is 5.11. The van der Waals surface area contributed by atoms with Crippen LogP contribution < -0.4 is 5.73 Å². The van der Waals surface area contributed by atoms with E-state index in [9.17, 15) is 0 Å². The van der Waals surface area contributed by atoms with Gasteiger partial charge in [0.25, 0.3) is 0 Å². The molecule has 0 amide bonds. The van der Waals surface area contributed by atoms with Crippen LogP contribution in [0.1, 0.15) is 50.3 Å². The molecule has 3 atom stereocenters. The fourth-order valence-corrected chi connectivity index (χ4v) is 4.05. The van der Waals surface area contributed by atoms with Crippen LogP contribution in [0.3, 0.4) is 0 Å². The van der Waals surface area contributed by atoms with Crippen molar-refractivity contribution in [3.63, 3.8) is 0 Å². The zero-order valence-corrected chi connectivity index (χ0v) is 11.7. The first-order valence-corrected chi connectivity index (χ1v) is 7.77. The molecule has 1 unspecified atom stereocenters.